The average Bonchev–Trinajstić information content (AvgIpc) is 2.79. The number of ether oxygens (including phenoxy) is 1. The summed E-state index contributed by atoms with van der Waals surface area (Å²) in [5.41, 5.74) is 2.10. The van der Waals surface area contributed by atoms with E-state index >= 15 is 0 Å². The third-order valence-electron chi connectivity index (χ3n) is 3.32. The molecule has 2 amide bonds. The van der Waals surface area contributed by atoms with Gasteiger partial charge >= 0.3 is 6.03 Å². The second-order valence-electron chi connectivity index (χ2n) is 4.87. The van der Waals surface area contributed by atoms with Gasteiger partial charge in [0.15, 0.2) is 6.19 Å². The van der Waals surface area contributed by atoms with Gasteiger partial charge < -0.3 is 10.1 Å². The molecule has 1 atom stereocenters. The van der Waals surface area contributed by atoms with Crippen LogP contribution in [0.2, 0.25) is 0 Å². The maximum Gasteiger partial charge on any atom is 0.331 e. The summed E-state index contributed by atoms with van der Waals surface area (Å²) in [6, 6.07) is 5.40. The lowest BCUT2D eigenvalue weighted by Gasteiger charge is -2.16. The summed E-state index contributed by atoms with van der Waals surface area (Å²) in [6.45, 7) is 4.56. The first-order valence-electron chi connectivity index (χ1n) is 6.22. The van der Waals surface area contributed by atoms with Crippen molar-refractivity contribution in [2.24, 2.45) is 0 Å². The quantitative estimate of drug-likeness (QED) is 0.847. The van der Waals surface area contributed by atoms with E-state index in [9.17, 15) is 4.79 Å². The minimum Gasteiger partial charge on any atom is -0.496 e. The molecule has 0 saturated carbocycles. The Balaban J connectivity index is 2.36. The van der Waals surface area contributed by atoms with Gasteiger partial charge in [0.25, 0.3) is 0 Å². The van der Waals surface area contributed by atoms with Gasteiger partial charge in [-0.2, -0.15) is 5.26 Å². The normalized spacial score (nSPS) is 18.4. The first kappa shape index (κ1) is 13.2. The minimum atomic E-state index is -0.357. The highest BCUT2D eigenvalue weighted by Crippen LogP contribution is 2.31. The standard InChI is InChI=1S/C14H17N3O2/c1-9(2)10-4-5-13(19-3)11(6-10)12-7-17(8-15)14(18)16-12/h4-6,9,12H,7H2,1-3H3,(H,16,18). The van der Waals surface area contributed by atoms with Crippen LogP contribution >= 0.6 is 0 Å². The molecule has 19 heavy (non-hydrogen) atoms. The van der Waals surface area contributed by atoms with E-state index in [1.807, 2.05) is 24.4 Å². The maximum absolute atomic E-state index is 11.6. The summed E-state index contributed by atoms with van der Waals surface area (Å²) >= 11 is 0. The van der Waals surface area contributed by atoms with Crippen molar-refractivity contribution in [1.82, 2.24) is 10.2 Å². The average molecular weight is 259 g/mol. The van der Waals surface area contributed by atoms with Crippen LogP contribution in [-0.2, 0) is 0 Å². The summed E-state index contributed by atoms with van der Waals surface area (Å²) in [6.07, 6.45) is 1.87. The number of carbonyl (C=O) groups excluding carboxylic acids is 1. The van der Waals surface area contributed by atoms with Gasteiger partial charge in [-0.3, -0.25) is 0 Å². The number of hydrogen-bond donors (Lipinski definition) is 1. The number of nitriles is 1. The first-order valence-corrected chi connectivity index (χ1v) is 6.22. The SMILES string of the molecule is COc1ccc(C(C)C)cc1C1CN(C#N)C(=O)N1. The van der Waals surface area contributed by atoms with Crippen LogP contribution in [0.25, 0.3) is 0 Å². The van der Waals surface area contributed by atoms with E-state index in [4.69, 9.17) is 10.00 Å². The van der Waals surface area contributed by atoms with Crippen LogP contribution in [0.5, 0.6) is 5.75 Å². The Kier molecular flexibility index (Phi) is 3.61. The molecule has 1 unspecified atom stereocenters. The van der Waals surface area contributed by atoms with E-state index in [2.05, 4.69) is 19.2 Å². The Bertz CT molecular complexity index is 534. The summed E-state index contributed by atoms with van der Waals surface area (Å²) in [5.74, 6) is 1.13. The number of urea groups is 1. The number of nitrogens with zero attached hydrogens (tertiary/aromatic N) is 2. The molecule has 1 aliphatic rings. The largest absolute Gasteiger partial charge is 0.496 e. The van der Waals surface area contributed by atoms with Crippen LogP contribution < -0.4 is 10.1 Å². The Hall–Kier alpha value is -2.22. The summed E-state index contributed by atoms with van der Waals surface area (Å²) < 4.78 is 5.34. The van der Waals surface area contributed by atoms with Crippen LogP contribution in [-0.4, -0.2) is 24.6 Å². The van der Waals surface area contributed by atoms with Gasteiger partial charge in [-0.25, -0.2) is 9.69 Å². The molecule has 2 rings (SSSR count). The Morgan fingerprint density at radius 1 is 1.53 bits per heavy atom. The van der Waals surface area contributed by atoms with Crippen molar-refractivity contribution in [3.8, 4) is 11.9 Å². The van der Waals surface area contributed by atoms with Crippen molar-refractivity contribution in [1.29, 1.82) is 5.26 Å². The number of rotatable bonds is 3. The van der Waals surface area contributed by atoms with E-state index in [-0.39, 0.29) is 12.1 Å². The number of amides is 2. The van der Waals surface area contributed by atoms with Crippen LogP contribution in [0.3, 0.4) is 0 Å². The monoisotopic (exact) mass is 259 g/mol. The zero-order valence-corrected chi connectivity index (χ0v) is 11.3. The molecule has 1 fully saturated rings. The fourth-order valence-electron chi connectivity index (χ4n) is 2.18. The molecular formula is C14H17N3O2. The fourth-order valence-corrected chi connectivity index (χ4v) is 2.18. The molecule has 0 aliphatic carbocycles. The molecule has 1 saturated heterocycles. The lowest BCUT2D eigenvalue weighted by molar-refractivity contribution is 0.232. The number of hydrogen-bond acceptors (Lipinski definition) is 3. The maximum atomic E-state index is 11.6. The van der Waals surface area contributed by atoms with E-state index in [1.54, 1.807) is 7.11 Å². The predicted molar refractivity (Wildman–Crippen MR) is 70.7 cm³/mol. The van der Waals surface area contributed by atoms with Gasteiger partial charge in [-0.05, 0) is 23.6 Å². The Morgan fingerprint density at radius 2 is 2.26 bits per heavy atom. The van der Waals surface area contributed by atoms with Crippen molar-refractivity contribution in [3.63, 3.8) is 0 Å². The van der Waals surface area contributed by atoms with Gasteiger partial charge in [0, 0.05) is 5.56 Å². The van der Waals surface area contributed by atoms with Crippen molar-refractivity contribution in [3.05, 3.63) is 29.3 Å². The van der Waals surface area contributed by atoms with E-state index in [0.29, 0.717) is 12.5 Å². The zero-order chi connectivity index (χ0) is 14.0. The molecule has 0 spiro atoms. The van der Waals surface area contributed by atoms with Crippen LogP contribution in [0, 0.1) is 11.5 Å². The highest BCUT2D eigenvalue weighted by Gasteiger charge is 2.31. The highest BCUT2D eigenvalue weighted by molar-refractivity contribution is 5.79. The van der Waals surface area contributed by atoms with Crippen LogP contribution in [0.4, 0.5) is 4.79 Å². The van der Waals surface area contributed by atoms with Crippen LogP contribution in [0.1, 0.15) is 36.9 Å². The lowest BCUT2D eigenvalue weighted by atomic mass is 9.97. The fraction of sp³-hybridized carbons (Fsp3) is 0.429. The summed E-state index contributed by atoms with van der Waals surface area (Å²) in [4.78, 5) is 12.7. The Morgan fingerprint density at radius 3 is 2.79 bits per heavy atom. The molecule has 1 aromatic rings. The van der Waals surface area contributed by atoms with Gasteiger partial charge in [-0.1, -0.05) is 19.9 Å². The molecule has 100 valence electrons. The second kappa shape index (κ2) is 5.19. The van der Waals surface area contributed by atoms with Crippen molar-refractivity contribution in [2.75, 3.05) is 13.7 Å². The van der Waals surface area contributed by atoms with E-state index < -0.39 is 0 Å². The van der Waals surface area contributed by atoms with E-state index in [1.165, 1.54) is 5.56 Å². The van der Waals surface area contributed by atoms with Gasteiger partial charge in [0.2, 0.25) is 0 Å². The van der Waals surface area contributed by atoms with Crippen molar-refractivity contribution in [2.45, 2.75) is 25.8 Å². The molecular weight excluding hydrogens is 242 g/mol. The third kappa shape index (κ3) is 2.48. The lowest BCUT2D eigenvalue weighted by Crippen LogP contribution is -2.23. The molecule has 1 heterocycles. The predicted octanol–water partition coefficient (Wildman–Crippen LogP) is 2.37. The number of methoxy groups -OCH3 is 1. The molecule has 0 aromatic heterocycles. The smallest absolute Gasteiger partial charge is 0.331 e. The topological polar surface area (TPSA) is 65.4 Å². The van der Waals surface area contributed by atoms with Gasteiger partial charge in [0.1, 0.15) is 5.75 Å². The summed E-state index contributed by atoms with van der Waals surface area (Å²) in [7, 11) is 1.60. The molecule has 5 nitrogen and oxygen atoms in total. The van der Waals surface area contributed by atoms with Crippen LogP contribution in [0.15, 0.2) is 18.2 Å². The molecule has 1 aliphatic heterocycles. The zero-order valence-electron chi connectivity index (χ0n) is 11.3. The molecule has 0 bridgehead atoms. The molecule has 1 N–H and O–H groups in total. The summed E-state index contributed by atoms with van der Waals surface area (Å²) in [5, 5.41) is 11.7. The molecule has 0 radical (unpaired) electrons. The number of carbonyl (C=O) groups is 1. The number of nitrogens with one attached hydrogen (secondary N) is 1. The van der Waals surface area contributed by atoms with E-state index in [0.717, 1.165) is 16.2 Å². The minimum absolute atomic E-state index is 0.208. The van der Waals surface area contributed by atoms with Crippen molar-refractivity contribution >= 4 is 6.03 Å². The third-order valence-corrected chi connectivity index (χ3v) is 3.32. The van der Waals surface area contributed by atoms with Gasteiger partial charge in [-0.15, -0.1) is 0 Å². The Labute approximate surface area is 112 Å². The molecule has 1 aromatic carbocycles. The van der Waals surface area contributed by atoms with Crippen molar-refractivity contribution < 1.29 is 9.53 Å². The number of benzene rings is 1. The second-order valence-corrected chi connectivity index (χ2v) is 4.87. The molecule has 5 heteroatoms. The highest BCUT2D eigenvalue weighted by atomic mass is 16.5. The first-order chi connectivity index (χ1) is 9.06. The van der Waals surface area contributed by atoms with Gasteiger partial charge in [0.05, 0.1) is 19.7 Å².